The number of Topliss-reactive ketones (excluding diaryl/α,β-unsaturated/α-hetero) is 1. The number of hydrazone groups is 1. The Balaban J connectivity index is 1.76. The maximum Gasteiger partial charge on any atom is 0.267 e. The third kappa shape index (κ3) is 3.48. The van der Waals surface area contributed by atoms with Crippen LogP contribution in [-0.2, 0) is 19.4 Å². The number of rotatable bonds is 4. The Morgan fingerprint density at radius 3 is 2.54 bits per heavy atom. The summed E-state index contributed by atoms with van der Waals surface area (Å²) in [5, 5.41) is 8.59. The molecule has 128 valence electrons. The van der Waals surface area contributed by atoms with E-state index in [0.717, 1.165) is 5.69 Å². The van der Waals surface area contributed by atoms with Crippen molar-refractivity contribution in [2.45, 2.75) is 31.8 Å². The maximum atomic E-state index is 12.4. The maximum absolute atomic E-state index is 12.4. The van der Waals surface area contributed by atoms with Gasteiger partial charge in [-0.25, -0.2) is 8.42 Å². The summed E-state index contributed by atoms with van der Waals surface area (Å²) in [5.74, 6) is -0.420. The molecule has 1 N–H and O–H groups in total. The van der Waals surface area contributed by atoms with Gasteiger partial charge in [0.15, 0.2) is 15.6 Å². The van der Waals surface area contributed by atoms with Crippen LogP contribution in [0.4, 0.5) is 5.69 Å². The van der Waals surface area contributed by atoms with Crippen molar-refractivity contribution in [1.29, 1.82) is 0 Å². The molecule has 1 amide bonds. The average molecular weight is 349 g/mol. The molecule has 0 bridgehead atoms. The molecule has 0 radical (unpaired) electrons. The van der Waals surface area contributed by atoms with Crippen LogP contribution in [-0.4, -0.2) is 49.4 Å². The lowest BCUT2D eigenvalue weighted by Crippen LogP contribution is -2.40. The number of nitrogens with zero attached hydrogens (tertiary/aromatic N) is 2. The van der Waals surface area contributed by atoms with Gasteiger partial charge in [0, 0.05) is 12.5 Å². The van der Waals surface area contributed by atoms with Crippen molar-refractivity contribution in [2.24, 2.45) is 5.10 Å². The van der Waals surface area contributed by atoms with E-state index >= 15 is 0 Å². The molecule has 1 aromatic rings. The van der Waals surface area contributed by atoms with Crippen LogP contribution in [0.2, 0.25) is 0 Å². The van der Waals surface area contributed by atoms with Crippen molar-refractivity contribution >= 4 is 32.9 Å². The lowest BCUT2D eigenvalue weighted by atomic mass is 10.1. The second-order valence-electron chi connectivity index (χ2n) is 6.13. The SMILES string of the molecule is CC(=O)[C@H]1CC(C(=O)N[C@@H]2CCS(=O)(=O)C2)=NN1c1ccccc1. The van der Waals surface area contributed by atoms with E-state index < -0.39 is 21.8 Å². The number of hydrogen-bond acceptors (Lipinski definition) is 6. The molecule has 0 unspecified atom stereocenters. The summed E-state index contributed by atoms with van der Waals surface area (Å²) in [7, 11) is -3.06. The van der Waals surface area contributed by atoms with Crippen molar-refractivity contribution in [1.82, 2.24) is 5.32 Å². The van der Waals surface area contributed by atoms with E-state index in [4.69, 9.17) is 0 Å². The van der Waals surface area contributed by atoms with Crippen LogP contribution in [0.25, 0.3) is 0 Å². The molecule has 2 aliphatic heterocycles. The molecule has 1 aromatic carbocycles. The number of benzene rings is 1. The van der Waals surface area contributed by atoms with Gasteiger partial charge < -0.3 is 5.32 Å². The van der Waals surface area contributed by atoms with E-state index in [9.17, 15) is 18.0 Å². The Bertz CT molecular complexity index is 789. The van der Waals surface area contributed by atoms with Gasteiger partial charge in [0.25, 0.3) is 5.91 Å². The summed E-state index contributed by atoms with van der Waals surface area (Å²) in [4.78, 5) is 24.3. The van der Waals surface area contributed by atoms with Crippen LogP contribution < -0.4 is 10.3 Å². The lowest BCUT2D eigenvalue weighted by molar-refractivity contribution is -0.118. The zero-order chi connectivity index (χ0) is 17.3. The lowest BCUT2D eigenvalue weighted by Gasteiger charge is -2.20. The molecule has 3 rings (SSSR count). The normalized spacial score (nSPS) is 25.4. The van der Waals surface area contributed by atoms with E-state index in [-0.39, 0.29) is 35.5 Å². The van der Waals surface area contributed by atoms with Gasteiger partial charge in [0.05, 0.1) is 17.2 Å². The van der Waals surface area contributed by atoms with E-state index in [1.54, 1.807) is 5.01 Å². The van der Waals surface area contributed by atoms with Crippen LogP contribution in [0.5, 0.6) is 0 Å². The zero-order valence-corrected chi connectivity index (χ0v) is 14.1. The first-order valence-corrected chi connectivity index (χ1v) is 9.61. The summed E-state index contributed by atoms with van der Waals surface area (Å²) in [6, 6.07) is 8.29. The monoisotopic (exact) mass is 349 g/mol. The second kappa shape index (κ2) is 6.35. The van der Waals surface area contributed by atoms with E-state index in [1.807, 2.05) is 30.3 Å². The van der Waals surface area contributed by atoms with Crippen molar-refractivity contribution in [3.63, 3.8) is 0 Å². The standard InChI is InChI=1S/C16H19N3O4S/c1-11(20)15-9-14(18-19(15)13-5-3-2-4-6-13)16(21)17-12-7-8-24(22,23)10-12/h2-6,12,15H,7-10H2,1H3,(H,17,21)/t12-,15-/m1/s1. The number of nitrogens with one attached hydrogen (secondary N) is 1. The molecule has 0 aliphatic carbocycles. The van der Waals surface area contributed by atoms with Crippen LogP contribution in [0.15, 0.2) is 35.4 Å². The molecular weight excluding hydrogens is 330 g/mol. The molecule has 24 heavy (non-hydrogen) atoms. The topological polar surface area (TPSA) is 95.9 Å². The Morgan fingerprint density at radius 1 is 1.25 bits per heavy atom. The molecule has 0 aromatic heterocycles. The molecule has 7 nitrogen and oxygen atoms in total. The molecule has 2 aliphatic rings. The summed E-state index contributed by atoms with van der Waals surface area (Å²) in [6.45, 7) is 1.47. The first-order chi connectivity index (χ1) is 11.4. The zero-order valence-electron chi connectivity index (χ0n) is 13.3. The number of para-hydroxylation sites is 1. The fraction of sp³-hybridized carbons (Fsp3) is 0.438. The fourth-order valence-electron chi connectivity index (χ4n) is 2.96. The van der Waals surface area contributed by atoms with Crippen LogP contribution >= 0.6 is 0 Å². The molecule has 1 fully saturated rings. The highest BCUT2D eigenvalue weighted by atomic mass is 32.2. The minimum absolute atomic E-state index is 0.0371. The van der Waals surface area contributed by atoms with Crippen LogP contribution in [0, 0.1) is 0 Å². The smallest absolute Gasteiger partial charge is 0.267 e. The van der Waals surface area contributed by atoms with Crippen molar-refractivity contribution in [3.05, 3.63) is 30.3 Å². The van der Waals surface area contributed by atoms with E-state index in [1.165, 1.54) is 6.92 Å². The average Bonchev–Trinajstić information content (AvgIpc) is 3.12. The molecule has 2 atom stereocenters. The number of ketones is 1. The highest BCUT2D eigenvalue weighted by Crippen LogP contribution is 2.25. The quantitative estimate of drug-likeness (QED) is 0.855. The van der Waals surface area contributed by atoms with E-state index in [0.29, 0.717) is 6.42 Å². The first-order valence-electron chi connectivity index (χ1n) is 7.79. The van der Waals surface area contributed by atoms with Crippen LogP contribution in [0.1, 0.15) is 19.8 Å². The molecule has 1 saturated heterocycles. The van der Waals surface area contributed by atoms with Gasteiger partial charge in [-0.05, 0) is 25.5 Å². The molecule has 8 heteroatoms. The predicted octanol–water partition coefficient (Wildman–Crippen LogP) is 0.514. The van der Waals surface area contributed by atoms with Crippen molar-refractivity contribution in [2.75, 3.05) is 16.5 Å². The third-order valence-corrected chi connectivity index (χ3v) is 6.00. The number of anilines is 1. The van der Waals surface area contributed by atoms with E-state index in [2.05, 4.69) is 10.4 Å². The molecule has 0 saturated carbocycles. The first kappa shape index (κ1) is 16.6. The Labute approximate surface area is 140 Å². The Morgan fingerprint density at radius 2 is 1.96 bits per heavy atom. The van der Waals surface area contributed by atoms with Gasteiger partial charge in [-0.3, -0.25) is 14.6 Å². The minimum atomic E-state index is -3.06. The highest BCUT2D eigenvalue weighted by Gasteiger charge is 2.36. The summed E-state index contributed by atoms with van der Waals surface area (Å²) >= 11 is 0. The van der Waals surface area contributed by atoms with Gasteiger partial charge in [-0.1, -0.05) is 18.2 Å². The van der Waals surface area contributed by atoms with Gasteiger partial charge in [-0.2, -0.15) is 5.10 Å². The molecular formula is C16H19N3O4S. The summed E-state index contributed by atoms with van der Waals surface area (Å²) < 4.78 is 23.0. The third-order valence-electron chi connectivity index (χ3n) is 4.23. The van der Waals surface area contributed by atoms with Gasteiger partial charge in [0.2, 0.25) is 0 Å². The Kier molecular flexibility index (Phi) is 4.40. The van der Waals surface area contributed by atoms with Crippen molar-refractivity contribution in [3.8, 4) is 0 Å². The highest BCUT2D eigenvalue weighted by molar-refractivity contribution is 7.91. The number of amides is 1. The van der Waals surface area contributed by atoms with Gasteiger partial charge >= 0.3 is 0 Å². The minimum Gasteiger partial charge on any atom is -0.347 e. The second-order valence-corrected chi connectivity index (χ2v) is 8.36. The number of sulfone groups is 1. The fourth-order valence-corrected chi connectivity index (χ4v) is 4.63. The molecule has 0 spiro atoms. The largest absolute Gasteiger partial charge is 0.347 e. The summed E-state index contributed by atoms with van der Waals surface area (Å²) in [6.07, 6.45) is 0.634. The molecule has 2 heterocycles. The van der Waals surface area contributed by atoms with Gasteiger partial charge in [-0.15, -0.1) is 0 Å². The van der Waals surface area contributed by atoms with Gasteiger partial charge in [0.1, 0.15) is 11.8 Å². The number of carbonyl (C=O) groups is 2. The summed E-state index contributed by atoms with van der Waals surface area (Å²) in [5.41, 5.74) is 0.993. The number of carbonyl (C=O) groups excluding carboxylic acids is 2. The number of hydrogen-bond donors (Lipinski definition) is 1. The van der Waals surface area contributed by atoms with Crippen LogP contribution in [0.3, 0.4) is 0 Å². The predicted molar refractivity (Wildman–Crippen MR) is 90.6 cm³/mol. The Hall–Kier alpha value is -2.22. The van der Waals surface area contributed by atoms with Crippen molar-refractivity contribution < 1.29 is 18.0 Å².